The number of nitrogens with one attached hydrogen (secondary N) is 1. The molecule has 5 heteroatoms. The number of nitrogens with two attached hydrogens (primary N) is 1. The van der Waals surface area contributed by atoms with Crippen LogP contribution in [0.15, 0.2) is 53.6 Å². The number of hydrogen-bond donors (Lipinski definition) is 2. The van der Waals surface area contributed by atoms with Gasteiger partial charge in [0.15, 0.2) is 0 Å². The quantitative estimate of drug-likeness (QED) is 0.915. The fraction of sp³-hybridized carbons (Fsp3) is 0. The third-order valence-corrected chi connectivity index (χ3v) is 2.93. The lowest BCUT2D eigenvalue weighted by atomic mass is 10.2. The molecule has 0 bridgehead atoms. The lowest BCUT2D eigenvalue weighted by Gasteiger charge is -2.10. The van der Waals surface area contributed by atoms with E-state index in [0.29, 0.717) is 17.0 Å². The van der Waals surface area contributed by atoms with Gasteiger partial charge in [-0.15, -0.1) is 0 Å². The average molecular weight is 306 g/mol. The van der Waals surface area contributed by atoms with Crippen molar-refractivity contribution in [2.45, 2.75) is 0 Å². The van der Waals surface area contributed by atoms with Gasteiger partial charge in [-0.1, -0.05) is 22.5 Å². The molecule has 0 aliphatic carbocycles. The lowest BCUT2D eigenvalue weighted by Crippen LogP contribution is -2.24. The molecule has 92 valence electrons. The van der Waals surface area contributed by atoms with Crippen LogP contribution in [0, 0.1) is 0 Å². The number of carbonyl (C=O) groups is 1. The van der Waals surface area contributed by atoms with Crippen LogP contribution in [0.4, 0.5) is 0 Å². The van der Waals surface area contributed by atoms with Gasteiger partial charge in [-0.2, -0.15) is 0 Å². The maximum atomic E-state index is 12.0. The Balaban J connectivity index is 2.19. The van der Waals surface area contributed by atoms with Gasteiger partial charge in [0.1, 0.15) is 0 Å². The van der Waals surface area contributed by atoms with Crippen LogP contribution in [-0.4, -0.2) is 10.6 Å². The topological polar surface area (TPSA) is 60.0 Å². The third kappa shape index (κ3) is 2.62. The molecule has 0 atom stereocenters. The van der Waals surface area contributed by atoms with Crippen LogP contribution in [0.1, 0.15) is 16.1 Å². The van der Waals surface area contributed by atoms with E-state index in [1.165, 1.54) is 0 Å². The number of aromatic nitrogens is 1. The molecule has 0 aliphatic rings. The largest absolute Gasteiger partial charge is 0.397 e. The number of rotatable bonds is 3. The fourth-order valence-corrected chi connectivity index (χ4v) is 1.78. The molecule has 0 saturated carbocycles. The Bertz CT molecular complexity index is 587. The molecule has 2 aromatic rings. The summed E-state index contributed by atoms with van der Waals surface area (Å²) in [6.07, 6.45) is 1.71. The maximum Gasteiger partial charge on any atom is 0.270 e. The Morgan fingerprint density at radius 3 is 2.56 bits per heavy atom. The van der Waals surface area contributed by atoms with Crippen molar-refractivity contribution in [3.05, 3.63) is 64.9 Å². The van der Waals surface area contributed by atoms with Crippen LogP contribution in [0.5, 0.6) is 0 Å². The summed E-state index contributed by atoms with van der Waals surface area (Å²) in [6.45, 7) is 3.65. The van der Waals surface area contributed by atoms with Crippen LogP contribution in [0.2, 0.25) is 0 Å². The Kier molecular flexibility index (Phi) is 3.53. The molecule has 1 aromatic carbocycles. The first-order valence-corrected chi connectivity index (χ1v) is 6.06. The van der Waals surface area contributed by atoms with E-state index in [4.69, 9.17) is 5.73 Å². The van der Waals surface area contributed by atoms with Crippen LogP contribution >= 0.6 is 15.9 Å². The molecular weight excluding hydrogens is 294 g/mol. The first-order valence-electron chi connectivity index (χ1n) is 5.27. The molecule has 0 spiro atoms. The SMILES string of the molecule is C=C(N)c1cccn1NC(=O)c1ccc(Br)cc1. The highest BCUT2D eigenvalue weighted by Crippen LogP contribution is 2.11. The second kappa shape index (κ2) is 5.10. The summed E-state index contributed by atoms with van der Waals surface area (Å²) in [5.41, 5.74) is 9.99. The number of halogens is 1. The minimum Gasteiger partial charge on any atom is -0.397 e. The Hall–Kier alpha value is -2.01. The van der Waals surface area contributed by atoms with Crippen LogP contribution in [0.25, 0.3) is 5.70 Å². The lowest BCUT2D eigenvalue weighted by molar-refractivity contribution is 0.101. The van der Waals surface area contributed by atoms with Gasteiger partial charge in [-0.3, -0.25) is 14.9 Å². The van der Waals surface area contributed by atoms with Gasteiger partial charge in [-0.25, -0.2) is 0 Å². The van der Waals surface area contributed by atoms with Gasteiger partial charge in [0.05, 0.1) is 11.4 Å². The molecule has 0 aliphatic heterocycles. The highest BCUT2D eigenvalue weighted by molar-refractivity contribution is 9.10. The molecular formula is C13H12BrN3O. The second-order valence-corrected chi connectivity index (χ2v) is 4.65. The molecule has 18 heavy (non-hydrogen) atoms. The minimum atomic E-state index is -0.207. The van der Waals surface area contributed by atoms with Crippen molar-refractivity contribution < 1.29 is 4.79 Å². The van der Waals surface area contributed by atoms with Crippen LogP contribution in [-0.2, 0) is 0 Å². The summed E-state index contributed by atoms with van der Waals surface area (Å²) in [7, 11) is 0. The zero-order valence-electron chi connectivity index (χ0n) is 9.56. The highest BCUT2D eigenvalue weighted by atomic mass is 79.9. The van der Waals surface area contributed by atoms with Crippen LogP contribution in [0.3, 0.4) is 0 Å². The molecule has 1 heterocycles. The van der Waals surface area contributed by atoms with Gasteiger partial charge in [0, 0.05) is 16.2 Å². The number of carbonyl (C=O) groups excluding carboxylic acids is 1. The normalized spacial score (nSPS) is 10.1. The molecule has 0 radical (unpaired) electrons. The molecule has 0 saturated heterocycles. The Labute approximate surface area is 113 Å². The minimum absolute atomic E-state index is 0.207. The van der Waals surface area contributed by atoms with Crippen molar-refractivity contribution in [3.8, 4) is 0 Å². The predicted octanol–water partition coefficient (Wildman–Crippen LogP) is 2.56. The standard InChI is InChI=1S/C13H12BrN3O/c1-9(15)12-3-2-8-17(12)16-13(18)10-4-6-11(14)7-5-10/h2-8H,1,15H2,(H,16,18). The number of nitrogens with zero attached hydrogens (tertiary/aromatic N) is 1. The Morgan fingerprint density at radius 1 is 1.28 bits per heavy atom. The van der Waals surface area contributed by atoms with Crippen molar-refractivity contribution in [1.29, 1.82) is 0 Å². The monoisotopic (exact) mass is 305 g/mol. The van der Waals surface area contributed by atoms with Gasteiger partial charge in [-0.05, 0) is 36.4 Å². The third-order valence-electron chi connectivity index (χ3n) is 2.41. The van der Waals surface area contributed by atoms with E-state index in [2.05, 4.69) is 27.9 Å². The first-order chi connectivity index (χ1) is 8.58. The summed E-state index contributed by atoms with van der Waals surface area (Å²) in [5, 5.41) is 0. The van der Waals surface area contributed by atoms with E-state index < -0.39 is 0 Å². The van der Waals surface area contributed by atoms with Gasteiger partial charge >= 0.3 is 0 Å². The van der Waals surface area contributed by atoms with Gasteiger partial charge in [0.2, 0.25) is 0 Å². The van der Waals surface area contributed by atoms with E-state index in [-0.39, 0.29) is 5.91 Å². The van der Waals surface area contributed by atoms with Crippen molar-refractivity contribution in [1.82, 2.24) is 4.68 Å². The number of benzene rings is 1. The fourth-order valence-electron chi connectivity index (χ4n) is 1.52. The molecule has 0 unspecified atom stereocenters. The number of amides is 1. The first kappa shape index (κ1) is 12.4. The Morgan fingerprint density at radius 2 is 1.94 bits per heavy atom. The van der Waals surface area contributed by atoms with Gasteiger partial charge in [0.25, 0.3) is 5.91 Å². The van der Waals surface area contributed by atoms with Crippen molar-refractivity contribution in [3.63, 3.8) is 0 Å². The predicted molar refractivity (Wildman–Crippen MR) is 75.5 cm³/mol. The zero-order chi connectivity index (χ0) is 13.1. The smallest absolute Gasteiger partial charge is 0.270 e. The summed E-state index contributed by atoms with van der Waals surface area (Å²) in [5.74, 6) is -0.207. The summed E-state index contributed by atoms with van der Waals surface area (Å²) >= 11 is 3.32. The molecule has 0 fully saturated rings. The van der Waals surface area contributed by atoms with E-state index in [1.807, 2.05) is 12.1 Å². The zero-order valence-corrected chi connectivity index (χ0v) is 11.1. The van der Waals surface area contributed by atoms with Crippen molar-refractivity contribution in [2.24, 2.45) is 5.73 Å². The maximum absolute atomic E-state index is 12.0. The van der Waals surface area contributed by atoms with Crippen molar-refractivity contribution >= 4 is 27.5 Å². The number of hydrogen-bond acceptors (Lipinski definition) is 2. The second-order valence-electron chi connectivity index (χ2n) is 3.74. The van der Waals surface area contributed by atoms with Crippen LogP contribution < -0.4 is 11.2 Å². The summed E-state index contributed by atoms with van der Waals surface area (Å²) in [6, 6.07) is 10.7. The summed E-state index contributed by atoms with van der Waals surface area (Å²) in [4.78, 5) is 12.0. The van der Waals surface area contributed by atoms with E-state index in [0.717, 1.165) is 4.47 Å². The average Bonchev–Trinajstić information content (AvgIpc) is 2.78. The highest BCUT2D eigenvalue weighted by Gasteiger charge is 2.08. The molecule has 2 rings (SSSR count). The molecule has 4 nitrogen and oxygen atoms in total. The van der Waals surface area contributed by atoms with E-state index in [9.17, 15) is 4.79 Å². The van der Waals surface area contributed by atoms with Crippen molar-refractivity contribution in [2.75, 3.05) is 5.43 Å². The van der Waals surface area contributed by atoms with E-state index in [1.54, 1.807) is 35.1 Å². The molecule has 3 N–H and O–H groups in total. The van der Waals surface area contributed by atoms with E-state index >= 15 is 0 Å². The van der Waals surface area contributed by atoms with Gasteiger partial charge < -0.3 is 5.73 Å². The molecule has 1 aromatic heterocycles. The molecule has 1 amide bonds. The summed E-state index contributed by atoms with van der Waals surface area (Å²) < 4.78 is 2.48.